The third-order valence-corrected chi connectivity index (χ3v) is 6.18. The van der Waals surface area contributed by atoms with Gasteiger partial charge in [-0.25, -0.2) is 9.78 Å². The van der Waals surface area contributed by atoms with Crippen molar-refractivity contribution in [2.45, 2.75) is 50.4 Å². The molecule has 4 heterocycles. The number of rotatable bonds is 5. The molecule has 0 spiro atoms. The van der Waals surface area contributed by atoms with Gasteiger partial charge in [0.05, 0.1) is 7.11 Å². The molecule has 2 aromatic heterocycles. The van der Waals surface area contributed by atoms with Crippen molar-refractivity contribution in [1.82, 2.24) is 15.2 Å². The van der Waals surface area contributed by atoms with Crippen LogP contribution in [0.3, 0.4) is 0 Å². The van der Waals surface area contributed by atoms with Crippen LogP contribution in [0.2, 0.25) is 0 Å². The van der Waals surface area contributed by atoms with Crippen LogP contribution in [0, 0.1) is 0 Å². The van der Waals surface area contributed by atoms with Gasteiger partial charge in [0.1, 0.15) is 0 Å². The van der Waals surface area contributed by atoms with Crippen LogP contribution >= 0.6 is 0 Å². The molecule has 0 radical (unpaired) electrons. The molecule has 2 atom stereocenters. The minimum atomic E-state index is -0.520. The van der Waals surface area contributed by atoms with Crippen molar-refractivity contribution in [3.05, 3.63) is 54.2 Å². The molecular formula is C23H25N3O4. The molecule has 30 heavy (non-hydrogen) atoms. The minimum absolute atomic E-state index is 0.0354. The number of nitrogens with zero attached hydrogens (tertiary/aromatic N) is 2. The Morgan fingerprint density at radius 2 is 1.93 bits per heavy atom. The van der Waals surface area contributed by atoms with Crippen LogP contribution in [0.4, 0.5) is 4.79 Å². The van der Waals surface area contributed by atoms with E-state index in [4.69, 9.17) is 13.9 Å². The summed E-state index contributed by atoms with van der Waals surface area (Å²) in [4.78, 5) is 19.4. The lowest BCUT2D eigenvalue weighted by molar-refractivity contribution is 0.106. The lowest BCUT2D eigenvalue weighted by Crippen LogP contribution is -2.50. The Morgan fingerprint density at radius 1 is 1.17 bits per heavy atom. The summed E-state index contributed by atoms with van der Waals surface area (Å²) >= 11 is 0. The number of carbonyl (C=O) groups is 1. The molecule has 1 N–H and O–H groups in total. The summed E-state index contributed by atoms with van der Waals surface area (Å²) in [5, 5.41) is 3.02. The first-order chi connectivity index (χ1) is 14.7. The lowest BCUT2D eigenvalue weighted by Gasteiger charge is -2.39. The third-order valence-electron chi connectivity index (χ3n) is 6.18. The number of ether oxygens (including phenoxy) is 2. The highest BCUT2D eigenvalue weighted by Gasteiger charge is 2.41. The van der Waals surface area contributed by atoms with Gasteiger partial charge in [-0.15, -0.1) is 0 Å². The number of furan rings is 1. The Hall–Kier alpha value is -3.06. The summed E-state index contributed by atoms with van der Waals surface area (Å²) < 4.78 is 16.4. The Morgan fingerprint density at radius 3 is 2.67 bits per heavy atom. The maximum absolute atomic E-state index is 12.5. The van der Waals surface area contributed by atoms with Gasteiger partial charge in [0, 0.05) is 30.9 Å². The number of fused-ring (bicyclic) bond motifs is 3. The second-order valence-electron chi connectivity index (χ2n) is 8.02. The summed E-state index contributed by atoms with van der Waals surface area (Å²) in [6.45, 7) is 0.969. The fourth-order valence-electron chi connectivity index (χ4n) is 4.86. The molecule has 3 aromatic rings. The van der Waals surface area contributed by atoms with E-state index in [1.807, 2.05) is 6.07 Å². The smallest absolute Gasteiger partial charge is 0.415 e. The molecule has 2 fully saturated rings. The fraction of sp³-hybridized carbons (Fsp3) is 0.391. The monoisotopic (exact) mass is 407 g/mol. The third kappa shape index (κ3) is 3.61. The highest BCUT2D eigenvalue weighted by Crippen LogP contribution is 2.39. The number of amides is 1. The predicted octanol–water partition coefficient (Wildman–Crippen LogP) is 4.12. The summed E-state index contributed by atoms with van der Waals surface area (Å²) in [6, 6.07) is 15.2. The molecule has 2 aliphatic rings. The van der Waals surface area contributed by atoms with E-state index in [2.05, 4.69) is 39.5 Å². The zero-order valence-electron chi connectivity index (χ0n) is 16.9. The van der Waals surface area contributed by atoms with Gasteiger partial charge in [-0.3, -0.25) is 4.90 Å². The largest absolute Gasteiger partial charge is 0.488 e. The van der Waals surface area contributed by atoms with Gasteiger partial charge in [-0.1, -0.05) is 30.3 Å². The van der Waals surface area contributed by atoms with Crippen molar-refractivity contribution in [1.29, 1.82) is 0 Å². The zero-order valence-corrected chi connectivity index (χ0v) is 16.9. The summed E-state index contributed by atoms with van der Waals surface area (Å²) in [5.74, 6) is 0.367. The second kappa shape index (κ2) is 7.99. The lowest BCUT2D eigenvalue weighted by atomic mass is 9.96. The number of aromatic nitrogens is 1. The average Bonchev–Trinajstić information content (AvgIpc) is 3.21. The van der Waals surface area contributed by atoms with Crippen molar-refractivity contribution in [3.63, 3.8) is 0 Å². The Labute approximate surface area is 175 Å². The van der Waals surface area contributed by atoms with Crippen molar-refractivity contribution in [3.8, 4) is 11.7 Å². The van der Waals surface area contributed by atoms with E-state index in [-0.39, 0.29) is 12.0 Å². The van der Waals surface area contributed by atoms with Gasteiger partial charge >= 0.3 is 12.0 Å². The van der Waals surface area contributed by atoms with Gasteiger partial charge in [0.2, 0.25) is 5.75 Å². The normalized spacial score (nSPS) is 23.4. The van der Waals surface area contributed by atoms with Gasteiger partial charge in [0.25, 0.3) is 0 Å². The van der Waals surface area contributed by atoms with E-state index in [0.29, 0.717) is 28.9 Å². The molecule has 7 nitrogen and oxygen atoms in total. The van der Waals surface area contributed by atoms with E-state index in [1.165, 1.54) is 25.5 Å². The van der Waals surface area contributed by atoms with Gasteiger partial charge in [-0.05, 0) is 43.4 Å². The number of benzene rings is 1. The van der Waals surface area contributed by atoms with E-state index in [9.17, 15) is 4.79 Å². The summed E-state index contributed by atoms with van der Waals surface area (Å²) in [6.07, 6.45) is 5.33. The number of carbonyl (C=O) groups excluding carboxylic acids is 1. The standard InChI is InChI=1S/C23H25N3O4/c1-28-21-20-19(8-5-11-24-20)29-22(21)30-23(27)25-16-12-17-9-10-18(13-16)26(17)14-15-6-3-2-4-7-15/h2-8,11,16-18H,9-10,12-14H2,1H3,(H,25,27). The van der Waals surface area contributed by atoms with Crippen molar-refractivity contribution in [2.24, 2.45) is 0 Å². The predicted molar refractivity (Wildman–Crippen MR) is 112 cm³/mol. The van der Waals surface area contributed by atoms with Crippen molar-refractivity contribution >= 4 is 17.2 Å². The van der Waals surface area contributed by atoms with Crippen LogP contribution in [0.5, 0.6) is 11.7 Å². The number of methoxy groups -OCH3 is 1. The summed E-state index contributed by atoms with van der Waals surface area (Å²) in [7, 11) is 1.50. The fourth-order valence-corrected chi connectivity index (χ4v) is 4.86. The summed E-state index contributed by atoms with van der Waals surface area (Å²) in [5.41, 5.74) is 2.39. The highest BCUT2D eigenvalue weighted by atomic mass is 16.6. The maximum Gasteiger partial charge on any atom is 0.415 e. The number of piperidine rings is 1. The molecule has 2 bridgehead atoms. The number of nitrogens with one attached hydrogen (secondary N) is 1. The molecule has 5 rings (SSSR count). The van der Waals surface area contributed by atoms with E-state index < -0.39 is 6.09 Å². The Kier molecular flexibility index (Phi) is 5.04. The molecule has 1 aromatic carbocycles. The van der Waals surface area contributed by atoms with Gasteiger partial charge in [0.15, 0.2) is 11.1 Å². The molecule has 2 saturated heterocycles. The van der Waals surface area contributed by atoms with Crippen LogP contribution in [0.25, 0.3) is 11.1 Å². The highest BCUT2D eigenvalue weighted by molar-refractivity contribution is 5.84. The first kappa shape index (κ1) is 18.9. The zero-order chi connectivity index (χ0) is 20.5. The molecule has 0 aliphatic carbocycles. The van der Waals surface area contributed by atoms with Crippen LogP contribution in [0.15, 0.2) is 53.1 Å². The molecule has 1 amide bonds. The number of hydrogen-bond donors (Lipinski definition) is 1. The van der Waals surface area contributed by atoms with E-state index >= 15 is 0 Å². The quantitative estimate of drug-likeness (QED) is 0.686. The molecule has 2 aliphatic heterocycles. The Balaban J connectivity index is 1.22. The minimum Gasteiger partial charge on any atom is -0.488 e. The van der Waals surface area contributed by atoms with Gasteiger partial charge in [-0.2, -0.15) is 0 Å². The molecule has 0 saturated carbocycles. The number of pyridine rings is 1. The first-order valence-electron chi connectivity index (χ1n) is 10.4. The van der Waals surface area contributed by atoms with Crippen molar-refractivity contribution in [2.75, 3.05) is 7.11 Å². The molecule has 156 valence electrons. The van der Waals surface area contributed by atoms with E-state index in [0.717, 1.165) is 19.4 Å². The van der Waals surface area contributed by atoms with Crippen LogP contribution in [-0.2, 0) is 6.54 Å². The van der Waals surface area contributed by atoms with Crippen LogP contribution < -0.4 is 14.8 Å². The van der Waals surface area contributed by atoms with Crippen LogP contribution in [-0.4, -0.2) is 41.2 Å². The molecular weight excluding hydrogens is 382 g/mol. The molecule has 7 heteroatoms. The Bertz CT molecular complexity index is 1020. The first-order valence-corrected chi connectivity index (χ1v) is 10.4. The van der Waals surface area contributed by atoms with Crippen molar-refractivity contribution < 1.29 is 18.7 Å². The second-order valence-corrected chi connectivity index (χ2v) is 8.02. The SMILES string of the molecule is COc1c(OC(=O)NC2CC3CCC(C2)N3Cc2ccccc2)oc2cccnc12. The maximum atomic E-state index is 12.5. The van der Waals surface area contributed by atoms with Crippen LogP contribution in [0.1, 0.15) is 31.2 Å². The molecule has 2 unspecified atom stereocenters. The number of hydrogen-bond acceptors (Lipinski definition) is 6. The topological polar surface area (TPSA) is 76.8 Å². The van der Waals surface area contributed by atoms with E-state index in [1.54, 1.807) is 18.3 Å². The van der Waals surface area contributed by atoms with Gasteiger partial charge < -0.3 is 19.2 Å². The average molecular weight is 407 g/mol.